The number of carbonyl (C=O) groups excluding carboxylic acids is 1. The number of fused-ring (bicyclic) bond motifs is 1. The number of hydrogen-bond acceptors (Lipinski definition) is 7. The summed E-state index contributed by atoms with van der Waals surface area (Å²) in [6.07, 6.45) is 1.83. The van der Waals surface area contributed by atoms with Crippen LogP contribution in [0.4, 0.5) is 0 Å². The van der Waals surface area contributed by atoms with Gasteiger partial charge in [-0.15, -0.1) is 0 Å². The molecule has 0 amide bonds. The lowest BCUT2D eigenvalue weighted by atomic mass is 9.95. The summed E-state index contributed by atoms with van der Waals surface area (Å²) >= 11 is 7.12. The molecule has 7 nitrogen and oxygen atoms in total. The minimum absolute atomic E-state index is 0.224. The average molecular weight is 754 g/mol. The van der Waals surface area contributed by atoms with E-state index in [1.807, 2.05) is 61.5 Å². The van der Waals surface area contributed by atoms with Crippen molar-refractivity contribution in [1.82, 2.24) is 4.57 Å². The Bertz CT molecular complexity index is 1910. The third kappa shape index (κ3) is 6.14. The summed E-state index contributed by atoms with van der Waals surface area (Å²) in [5.74, 6) is 0.210. The molecule has 3 aromatic carbocycles. The Morgan fingerprint density at radius 3 is 2.52 bits per heavy atom. The Labute approximate surface area is 268 Å². The summed E-state index contributed by atoms with van der Waals surface area (Å²) in [5, 5.41) is 9.01. The Morgan fingerprint density at radius 1 is 1.17 bits per heavy atom. The molecule has 42 heavy (non-hydrogen) atoms. The fourth-order valence-electron chi connectivity index (χ4n) is 4.64. The Kier molecular flexibility index (Phi) is 9.11. The van der Waals surface area contributed by atoms with Crippen LogP contribution in [0.5, 0.6) is 5.75 Å². The van der Waals surface area contributed by atoms with E-state index in [-0.39, 0.29) is 12.2 Å². The molecule has 0 N–H and O–H groups in total. The summed E-state index contributed by atoms with van der Waals surface area (Å²) in [5.41, 5.74) is 4.92. The van der Waals surface area contributed by atoms with Gasteiger partial charge in [0.2, 0.25) is 0 Å². The maximum Gasteiger partial charge on any atom is 0.338 e. The molecule has 1 aliphatic rings. The summed E-state index contributed by atoms with van der Waals surface area (Å²) in [4.78, 5) is 32.1. The van der Waals surface area contributed by atoms with E-state index in [4.69, 9.17) is 14.7 Å². The van der Waals surface area contributed by atoms with Gasteiger partial charge in [-0.05, 0) is 106 Å². The zero-order chi connectivity index (χ0) is 30.0. The zero-order valence-electron chi connectivity index (χ0n) is 23.0. The standard InChI is InChI=1S/C32H25BrIN3O4S/c1-4-40-31(39)27-19(3)36-32-37(28(27)23-11-5-18(2)6-12-23)30(38)26(42-32)15-22-13-24(33)29(25(34)14-22)41-17-21-9-7-20(16-35)8-10-21/h5-15,28H,4,17H2,1-3H3/b26-15-/t28-/m0/s1. The van der Waals surface area contributed by atoms with Gasteiger partial charge in [-0.1, -0.05) is 53.3 Å². The lowest BCUT2D eigenvalue weighted by Gasteiger charge is -2.24. The summed E-state index contributed by atoms with van der Waals surface area (Å²) < 4.78 is 15.2. The summed E-state index contributed by atoms with van der Waals surface area (Å²) in [7, 11) is 0. The predicted molar refractivity (Wildman–Crippen MR) is 174 cm³/mol. The number of hydrogen-bond donors (Lipinski definition) is 0. The molecule has 212 valence electrons. The maximum absolute atomic E-state index is 13.9. The van der Waals surface area contributed by atoms with Gasteiger partial charge in [-0.3, -0.25) is 9.36 Å². The molecular weight excluding hydrogens is 729 g/mol. The first-order valence-electron chi connectivity index (χ1n) is 13.1. The number of aryl methyl sites for hydroxylation is 1. The molecule has 10 heteroatoms. The van der Waals surface area contributed by atoms with Crippen molar-refractivity contribution in [3.8, 4) is 11.8 Å². The number of nitrogens with zero attached hydrogens (tertiary/aromatic N) is 3. The number of allylic oxidation sites excluding steroid dienone is 1. The molecule has 2 heterocycles. The molecule has 0 radical (unpaired) electrons. The van der Waals surface area contributed by atoms with E-state index in [0.717, 1.165) is 30.3 Å². The number of aromatic nitrogens is 1. The van der Waals surface area contributed by atoms with E-state index in [0.29, 0.717) is 38.5 Å². The third-order valence-electron chi connectivity index (χ3n) is 6.69. The van der Waals surface area contributed by atoms with Crippen LogP contribution >= 0.6 is 49.9 Å². The van der Waals surface area contributed by atoms with Gasteiger partial charge in [0.15, 0.2) is 4.80 Å². The van der Waals surface area contributed by atoms with E-state index in [9.17, 15) is 9.59 Å². The Balaban J connectivity index is 1.53. The zero-order valence-corrected chi connectivity index (χ0v) is 27.5. The fraction of sp³-hybridized carbons (Fsp3) is 0.188. The van der Waals surface area contributed by atoms with Gasteiger partial charge in [0, 0.05) is 0 Å². The van der Waals surface area contributed by atoms with Gasteiger partial charge in [-0.25, -0.2) is 9.79 Å². The molecule has 1 atom stereocenters. The molecule has 0 spiro atoms. The first kappa shape index (κ1) is 29.9. The summed E-state index contributed by atoms with van der Waals surface area (Å²) in [6, 6.07) is 20.4. The number of thiazole rings is 1. The van der Waals surface area contributed by atoms with Crippen LogP contribution in [0.15, 0.2) is 86.2 Å². The minimum Gasteiger partial charge on any atom is -0.487 e. The predicted octanol–water partition coefficient (Wildman–Crippen LogP) is 5.92. The van der Waals surface area contributed by atoms with Crippen LogP contribution in [0.25, 0.3) is 6.08 Å². The average Bonchev–Trinajstić information content (AvgIpc) is 3.26. The first-order chi connectivity index (χ1) is 20.2. The highest BCUT2D eigenvalue weighted by Gasteiger charge is 2.33. The number of carbonyl (C=O) groups is 1. The van der Waals surface area contributed by atoms with Gasteiger partial charge < -0.3 is 9.47 Å². The second kappa shape index (κ2) is 12.8. The van der Waals surface area contributed by atoms with Gasteiger partial charge in [0.25, 0.3) is 5.56 Å². The maximum atomic E-state index is 13.9. The highest BCUT2D eigenvalue weighted by atomic mass is 127. The lowest BCUT2D eigenvalue weighted by molar-refractivity contribution is -0.139. The highest BCUT2D eigenvalue weighted by Crippen LogP contribution is 2.33. The second-order valence-electron chi connectivity index (χ2n) is 9.62. The molecular formula is C32H25BrIN3O4S. The second-order valence-corrected chi connectivity index (χ2v) is 12.6. The Morgan fingerprint density at radius 2 is 1.88 bits per heavy atom. The van der Waals surface area contributed by atoms with E-state index < -0.39 is 12.0 Å². The van der Waals surface area contributed by atoms with Crippen molar-refractivity contribution in [2.75, 3.05) is 6.61 Å². The van der Waals surface area contributed by atoms with Crippen molar-refractivity contribution in [1.29, 1.82) is 5.26 Å². The summed E-state index contributed by atoms with van der Waals surface area (Å²) in [6.45, 7) is 6.10. The lowest BCUT2D eigenvalue weighted by Crippen LogP contribution is -2.39. The minimum atomic E-state index is -0.645. The van der Waals surface area contributed by atoms with Crippen molar-refractivity contribution in [3.63, 3.8) is 0 Å². The van der Waals surface area contributed by atoms with Crippen LogP contribution < -0.4 is 19.6 Å². The topological polar surface area (TPSA) is 93.7 Å². The van der Waals surface area contributed by atoms with Gasteiger partial charge >= 0.3 is 5.97 Å². The molecule has 0 bridgehead atoms. The van der Waals surface area contributed by atoms with Gasteiger partial charge in [0.05, 0.1) is 48.1 Å². The van der Waals surface area contributed by atoms with Crippen LogP contribution in [0, 0.1) is 21.8 Å². The van der Waals surface area contributed by atoms with Crippen molar-refractivity contribution in [2.45, 2.75) is 33.4 Å². The van der Waals surface area contributed by atoms with Crippen LogP contribution in [-0.4, -0.2) is 17.1 Å². The normalized spacial score (nSPS) is 14.7. The number of rotatable bonds is 7. The van der Waals surface area contributed by atoms with Crippen molar-refractivity contribution in [2.24, 2.45) is 4.99 Å². The van der Waals surface area contributed by atoms with Crippen molar-refractivity contribution >= 4 is 61.9 Å². The molecule has 1 aromatic heterocycles. The molecule has 0 aliphatic carbocycles. The van der Waals surface area contributed by atoms with E-state index in [1.54, 1.807) is 30.5 Å². The monoisotopic (exact) mass is 753 g/mol. The quantitative estimate of drug-likeness (QED) is 0.173. The number of halogens is 2. The first-order valence-corrected chi connectivity index (χ1v) is 15.8. The van der Waals surface area contributed by atoms with Gasteiger partial charge in [0.1, 0.15) is 12.4 Å². The van der Waals surface area contributed by atoms with Gasteiger partial charge in [-0.2, -0.15) is 5.26 Å². The van der Waals surface area contributed by atoms with E-state index in [2.05, 4.69) is 49.6 Å². The van der Waals surface area contributed by atoms with E-state index >= 15 is 0 Å². The smallest absolute Gasteiger partial charge is 0.338 e. The van der Waals surface area contributed by atoms with E-state index in [1.165, 1.54) is 11.3 Å². The molecule has 4 aromatic rings. The van der Waals surface area contributed by atoms with Crippen LogP contribution in [-0.2, 0) is 16.1 Å². The number of esters is 1. The van der Waals surface area contributed by atoms with Crippen LogP contribution in [0.2, 0.25) is 0 Å². The molecule has 0 fully saturated rings. The Hall–Kier alpha value is -3.53. The molecule has 0 unspecified atom stereocenters. The number of benzene rings is 3. The SMILES string of the molecule is CCOC(=O)C1=C(C)N=c2s/c(=C\c3cc(Br)c(OCc4ccc(C#N)cc4)c(I)c3)c(=O)n2[C@H]1c1ccc(C)cc1. The molecule has 1 aliphatic heterocycles. The molecule has 0 saturated heterocycles. The largest absolute Gasteiger partial charge is 0.487 e. The molecule has 5 rings (SSSR count). The van der Waals surface area contributed by atoms with Crippen molar-refractivity contribution in [3.05, 3.63) is 127 Å². The highest BCUT2D eigenvalue weighted by molar-refractivity contribution is 14.1. The van der Waals surface area contributed by atoms with Crippen molar-refractivity contribution < 1.29 is 14.3 Å². The van der Waals surface area contributed by atoms with Crippen LogP contribution in [0.3, 0.4) is 0 Å². The third-order valence-corrected chi connectivity index (χ3v) is 9.07. The molecule has 0 saturated carbocycles. The number of nitriles is 1. The van der Waals surface area contributed by atoms with Crippen LogP contribution in [0.1, 0.15) is 47.7 Å². The fourth-order valence-corrected chi connectivity index (χ4v) is 7.45. The number of ether oxygens (including phenoxy) is 2.